The van der Waals surface area contributed by atoms with Crippen LogP contribution in [0.25, 0.3) is 61.4 Å². The Bertz CT molecular complexity index is 2460. The van der Waals surface area contributed by atoms with E-state index < -0.39 is 6.85 Å². The molecule has 49 heavy (non-hydrogen) atoms. The summed E-state index contributed by atoms with van der Waals surface area (Å²) in [6.07, 6.45) is 3.03. The van der Waals surface area contributed by atoms with Crippen molar-refractivity contribution in [3.05, 3.63) is 138 Å². The summed E-state index contributed by atoms with van der Waals surface area (Å²) in [6.45, 7) is 6.76. The largest absolute Gasteiger partial charge is 0.501 e. The number of benzene rings is 4. The molecule has 247 valence electrons. The van der Waals surface area contributed by atoms with E-state index in [2.05, 4.69) is 89.9 Å². The van der Waals surface area contributed by atoms with Crippen molar-refractivity contribution < 1.29 is 33.0 Å². The summed E-state index contributed by atoms with van der Waals surface area (Å²) in [6, 6.07) is 34.0. The van der Waals surface area contributed by atoms with E-state index in [0.717, 1.165) is 44.5 Å². The zero-order valence-corrected chi connectivity index (χ0v) is 29.7. The first-order valence-corrected chi connectivity index (χ1v) is 15.8. The zero-order valence-electron chi connectivity index (χ0n) is 30.3. The van der Waals surface area contributed by atoms with Crippen LogP contribution in [-0.2, 0) is 20.1 Å². The van der Waals surface area contributed by atoms with Crippen LogP contribution < -0.4 is 0 Å². The molecular weight excluding hydrogens is 790 g/mol. The van der Waals surface area contributed by atoms with Crippen LogP contribution in [0.3, 0.4) is 0 Å². The maximum absolute atomic E-state index is 12.7. The van der Waals surface area contributed by atoms with Crippen molar-refractivity contribution in [2.24, 2.45) is 0 Å². The number of halogens is 1. The molecule has 8 aromatic rings. The third kappa shape index (κ3) is 6.54. The Hall–Kier alpha value is -5.04. The summed E-state index contributed by atoms with van der Waals surface area (Å²) in [5.74, 6) is 1.06. The van der Waals surface area contributed by atoms with Gasteiger partial charge in [-0.3, -0.25) is 9.37 Å². The number of aryl methyl sites for hydroxylation is 1. The van der Waals surface area contributed by atoms with Gasteiger partial charge in [-0.15, -0.1) is 53.1 Å². The van der Waals surface area contributed by atoms with E-state index in [4.69, 9.17) is 13.5 Å². The standard InChI is InChI=1S/C29H25N4O.C12H9FN.Ir/c1-17(2)19-10-7-11-20(18(3)4)26(19)33-24-15-16-30-32-28(24)31-29(33)23-13-8-12-22-21-9-5-6-14-25(21)34-27(22)23;1-9-2-7-12(14-8-9)10-3-5-11(13)6-4-10;/h5-12,14-18H,1-4H3;2-3,5-8H,1H3;/q2*-1;/i;1D3;. The van der Waals surface area contributed by atoms with E-state index in [0.29, 0.717) is 28.7 Å². The fraction of sp³-hybridized carbons (Fsp3) is 0.171. The van der Waals surface area contributed by atoms with Crippen LogP contribution in [0.2, 0.25) is 0 Å². The van der Waals surface area contributed by atoms with Crippen LogP contribution in [0.1, 0.15) is 60.3 Å². The SMILES string of the molecule is CC(C)c1cccc(C(C)C)c1-n1c(-c2[c-]ccc3c2oc2ccccc23)nc2nnccc21.[2H]C([2H])([2H])c1ccc(-c2[c-]cc(F)cc2)nc1.[Ir]. The second-order valence-electron chi connectivity index (χ2n) is 12.2. The molecule has 8 rings (SSSR count). The van der Waals surface area contributed by atoms with Crippen LogP contribution in [-0.4, -0.2) is 24.7 Å². The van der Waals surface area contributed by atoms with Crippen molar-refractivity contribution in [3.63, 3.8) is 0 Å². The van der Waals surface area contributed by atoms with E-state index in [1.807, 2.05) is 30.3 Å². The van der Waals surface area contributed by atoms with Gasteiger partial charge in [0.2, 0.25) is 0 Å². The number of aromatic nitrogens is 5. The van der Waals surface area contributed by atoms with Crippen molar-refractivity contribution >= 4 is 33.1 Å². The molecule has 0 aliphatic carbocycles. The van der Waals surface area contributed by atoms with Crippen LogP contribution >= 0.6 is 0 Å². The topological polar surface area (TPSA) is 69.6 Å². The number of rotatable bonds is 5. The van der Waals surface area contributed by atoms with E-state index in [9.17, 15) is 4.39 Å². The Labute approximate surface area is 302 Å². The summed E-state index contributed by atoms with van der Waals surface area (Å²) in [5.41, 5.74) is 9.03. The number of fused-ring (bicyclic) bond motifs is 4. The summed E-state index contributed by atoms with van der Waals surface area (Å²) >= 11 is 0. The van der Waals surface area contributed by atoms with Crippen LogP contribution in [0.5, 0.6) is 0 Å². The molecule has 0 saturated heterocycles. The molecule has 1 radical (unpaired) electrons. The minimum atomic E-state index is -2.15. The molecule has 0 N–H and O–H groups in total. The molecule has 0 amide bonds. The smallest absolute Gasteiger partial charge is 0.190 e. The van der Waals surface area contributed by atoms with Crippen LogP contribution in [0.4, 0.5) is 4.39 Å². The van der Waals surface area contributed by atoms with E-state index in [1.54, 1.807) is 18.3 Å². The number of nitrogens with zero attached hydrogens (tertiary/aromatic N) is 5. The first kappa shape index (κ1) is 30.0. The quantitative estimate of drug-likeness (QED) is 0.162. The fourth-order valence-electron chi connectivity index (χ4n) is 5.98. The Balaban J connectivity index is 0.000000218. The van der Waals surface area contributed by atoms with Gasteiger partial charge >= 0.3 is 0 Å². The maximum Gasteiger partial charge on any atom is 0.190 e. The van der Waals surface area contributed by atoms with E-state index in [1.165, 1.54) is 35.5 Å². The van der Waals surface area contributed by atoms with Crippen LogP contribution in [0.15, 0.2) is 108 Å². The van der Waals surface area contributed by atoms with Gasteiger partial charge in [0.15, 0.2) is 5.65 Å². The number of hydrogen-bond donors (Lipinski definition) is 0. The number of para-hydroxylation sites is 2. The van der Waals surface area contributed by atoms with Gasteiger partial charge in [0.1, 0.15) is 5.58 Å². The molecule has 4 heterocycles. The van der Waals surface area contributed by atoms with Gasteiger partial charge in [-0.2, -0.15) is 5.10 Å². The van der Waals surface area contributed by atoms with Crippen molar-refractivity contribution in [2.45, 2.75) is 46.4 Å². The Morgan fingerprint density at radius 2 is 1.65 bits per heavy atom. The average molecular weight is 827 g/mol. The Morgan fingerprint density at radius 1 is 0.857 bits per heavy atom. The second kappa shape index (κ2) is 14.2. The number of furan rings is 1. The molecule has 0 unspecified atom stereocenters. The molecule has 8 heteroatoms. The molecule has 0 aliphatic rings. The van der Waals surface area contributed by atoms with Gasteiger partial charge in [-0.1, -0.05) is 87.2 Å². The first-order valence-electron chi connectivity index (χ1n) is 17.3. The third-order valence-corrected chi connectivity index (χ3v) is 8.29. The number of imidazole rings is 1. The summed E-state index contributed by atoms with van der Waals surface area (Å²) in [7, 11) is 0. The minimum Gasteiger partial charge on any atom is -0.501 e. The van der Waals surface area contributed by atoms with Crippen molar-refractivity contribution in [3.8, 4) is 28.3 Å². The van der Waals surface area contributed by atoms with Gasteiger partial charge in [0, 0.05) is 47.3 Å². The molecule has 0 bridgehead atoms. The Morgan fingerprint density at radius 3 is 2.35 bits per heavy atom. The second-order valence-corrected chi connectivity index (χ2v) is 12.2. The number of hydrogen-bond acceptors (Lipinski definition) is 5. The van der Waals surface area contributed by atoms with Gasteiger partial charge in [0.25, 0.3) is 0 Å². The summed E-state index contributed by atoms with van der Waals surface area (Å²) in [4.78, 5) is 9.01. The first-order chi connectivity index (χ1) is 24.5. The summed E-state index contributed by atoms with van der Waals surface area (Å²) in [5, 5.41) is 10.6. The normalized spacial score (nSPS) is 12.4. The molecular formula is C41H34FIrN5O-2. The van der Waals surface area contributed by atoms with Crippen LogP contribution in [0, 0.1) is 24.8 Å². The fourth-order valence-corrected chi connectivity index (χ4v) is 5.98. The maximum atomic E-state index is 12.7. The van der Waals surface area contributed by atoms with Crippen molar-refractivity contribution in [1.82, 2.24) is 24.7 Å². The van der Waals surface area contributed by atoms with Crippen molar-refractivity contribution in [1.29, 1.82) is 0 Å². The van der Waals surface area contributed by atoms with Gasteiger partial charge in [0.05, 0.1) is 23.1 Å². The number of pyridine rings is 1. The third-order valence-electron chi connectivity index (χ3n) is 8.29. The molecule has 0 spiro atoms. The van der Waals surface area contributed by atoms with Gasteiger partial charge < -0.3 is 14.0 Å². The van der Waals surface area contributed by atoms with Gasteiger partial charge in [-0.25, -0.2) is 0 Å². The molecule has 0 atom stereocenters. The molecule has 0 saturated carbocycles. The monoisotopic (exact) mass is 827 g/mol. The predicted molar refractivity (Wildman–Crippen MR) is 190 cm³/mol. The van der Waals surface area contributed by atoms with Gasteiger partial charge in [-0.05, 0) is 53.2 Å². The molecule has 0 fully saturated rings. The molecule has 6 nitrogen and oxygen atoms in total. The summed E-state index contributed by atoms with van der Waals surface area (Å²) < 4.78 is 42.9. The Kier molecular flexibility index (Phi) is 8.71. The van der Waals surface area contributed by atoms with Crippen molar-refractivity contribution in [2.75, 3.05) is 0 Å². The van der Waals surface area contributed by atoms with E-state index >= 15 is 0 Å². The van der Waals surface area contributed by atoms with E-state index in [-0.39, 0.29) is 31.5 Å². The molecule has 4 aromatic carbocycles. The average Bonchev–Trinajstić information content (AvgIpc) is 3.70. The molecule has 0 aliphatic heterocycles. The zero-order chi connectivity index (χ0) is 35.9. The minimum absolute atomic E-state index is 0. The molecule has 4 aromatic heterocycles. The predicted octanol–water partition coefficient (Wildman–Crippen LogP) is 10.4.